The van der Waals surface area contributed by atoms with Gasteiger partial charge >= 0.3 is 0 Å². The molecule has 0 aromatic heterocycles. The van der Waals surface area contributed by atoms with Crippen molar-refractivity contribution >= 4 is 0 Å². The quantitative estimate of drug-likeness (QED) is 0.468. The van der Waals surface area contributed by atoms with Crippen molar-refractivity contribution in [1.82, 2.24) is 0 Å². The molecule has 0 N–H and O–H groups in total. The standard InChI is InChI=1S/C9H13NO2/c1-3-8-4-7(2)5-9(6-8)10(11)12/h5-7H,3-4H2,1-2H3. The van der Waals surface area contributed by atoms with Crippen LogP contribution in [0.2, 0.25) is 0 Å². The lowest BCUT2D eigenvalue weighted by atomic mass is 9.93. The molecule has 0 heterocycles. The molecule has 0 saturated carbocycles. The van der Waals surface area contributed by atoms with Gasteiger partial charge in [0.1, 0.15) is 0 Å². The Balaban J connectivity index is 2.86. The Morgan fingerprint density at radius 1 is 1.75 bits per heavy atom. The summed E-state index contributed by atoms with van der Waals surface area (Å²) in [5, 5.41) is 10.5. The summed E-state index contributed by atoms with van der Waals surface area (Å²) in [5.74, 6) is 0.311. The van der Waals surface area contributed by atoms with E-state index in [1.807, 2.05) is 13.8 Å². The monoisotopic (exact) mass is 167 g/mol. The van der Waals surface area contributed by atoms with Crippen LogP contribution in [-0.2, 0) is 0 Å². The molecule has 1 rings (SSSR count). The van der Waals surface area contributed by atoms with Crippen LogP contribution in [0.4, 0.5) is 0 Å². The molecule has 0 aromatic carbocycles. The van der Waals surface area contributed by atoms with Gasteiger partial charge in [-0.2, -0.15) is 0 Å². The van der Waals surface area contributed by atoms with Gasteiger partial charge in [-0.15, -0.1) is 0 Å². The van der Waals surface area contributed by atoms with Crippen LogP contribution in [0.3, 0.4) is 0 Å². The molecule has 0 amide bonds. The Kier molecular flexibility index (Phi) is 2.63. The highest BCUT2D eigenvalue weighted by Gasteiger charge is 2.17. The third-order valence-corrected chi connectivity index (χ3v) is 2.06. The zero-order valence-electron chi connectivity index (χ0n) is 7.41. The summed E-state index contributed by atoms with van der Waals surface area (Å²) >= 11 is 0. The Labute approximate surface area is 71.9 Å². The summed E-state index contributed by atoms with van der Waals surface area (Å²) in [5.41, 5.74) is 1.43. The Morgan fingerprint density at radius 3 is 2.92 bits per heavy atom. The molecule has 66 valence electrons. The Bertz CT molecular complexity index is 253. The summed E-state index contributed by atoms with van der Waals surface area (Å²) in [6.07, 6.45) is 5.29. The molecule has 1 aliphatic rings. The highest BCUT2D eigenvalue weighted by atomic mass is 16.6. The van der Waals surface area contributed by atoms with E-state index in [0.29, 0.717) is 5.92 Å². The van der Waals surface area contributed by atoms with Crippen LogP contribution in [0, 0.1) is 16.0 Å². The van der Waals surface area contributed by atoms with E-state index in [1.54, 1.807) is 12.2 Å². The van der Waals surface area contributed by atoms with Gasteiger partial charge in [0.25, 0.3) is 5.70 Å². The van der Waals surface area contributed by atoms with Gasteiger partial charge in [0, 0.05) is 6.08 Å². The minimum atomic E-state index is -0.314. The molecule has 1 unspecified atom stereocenters. The first-order chi connectivity index (χ1) is 5.63. The van der Waals surface area contributed by atoms with E-state index >= 15 is 0 Å². The van der Waals surface area contributed by atoms with Crippen LogP contribution in [0.1, 0.15) is 26.7 Å². The highest BCUT2D eigenvalue weighted by molar-refractivity contribution is 5.23. The average molecular weight is 167 g/mol. The number of rotatable bonds is 2. The molecule has 1 atom stereocenters. The van der Waals surface area contributed by atoms with E-state index in [-0.39, 0.29) is 10.6 Å². The Morgan fingerprint density at radius 2 is 2.42 bits per heavy atom. The third kappa shape index (κ3) is 1.94. The predicted octanol–water partition coefficient (Wildman–Crippen LogP) is 2.52. The van der Waals surface area contributed by atoms with Crippen molar-refractivity contribution < 1.29 is 4.92 Å². The van der Waals surface area contributed by atoms with Crippen molar-refractivity contribution in [2.24, 2.45) is 5.92 Å². The van der Waals surface area contributed by atoms with Crippen molar-refractivity contribution in [1.29, 1.82) is 0 Å². The van der Waals surface area contributed by atoms with Crippen LogP contribution < -0.4 is 0 Å². The van der Waals surface area contributed by atoms with Crippen LogP contribution in [0.15, 0.2) is 23.4 Å². The largest absolute Gasteiger partial charge is 0.265 e. The van der Waals surface area contributed by atoms with E-state index in [9.17, 15) is 10.1 Å². The second kappa shape index (κ2) is 3.52. The average Bonchev–Trinajstić information content (AvgIpc) is 2.03. The van der Waals surface area contributed by atoms with Gasteiger partial charge in [0.15, 0.2) is 0 Å². The molecular formula is C9H13NO2. The van der Waals surface area contributed by atoms with Crippen LogP contribution in [0.25, 0.3) is 0 Å². The number of allylic oxidation sites excluding steroid dienone is 3. The fourth-order valence-corrected chi connectivity index (χ4v) is 1.44. The number of hydrogen-bond donors (Lipinski definition) is 0. The maximum atomic E-state index is 10.5. The van der Waals surface area contributed by atoms with Crippen molar-refractivity contribution in [2.45, 2.75) is 26.7 Å². The van der Waals surface area contributed by atoms with Crippen LogP contribution in [-0.4, -0.2) is 4.92 Å². The van der Waals surface area contributed by atoms with Crippen LogP contribution in [0.5, 0.6) is 0 Å². The number of hydrogen-bond acceptors (Lipinski definition) is 2. The molecular weight excluding hydrogens is 154 g/mol. The van der Waals surface area contributed by atoms with Crippen molar-refractivity contribution in [3.8, 4) is 0 Å². The van der Waals surface area contributed by atoms with Gasteiger partial charge in [-0.05, 0) is 24.8 Å². The minimum absolute atomic E-state index is 0.255. The second-order valence-electron chi connectivity index (χ2n) is 3.19. The van der Waals surface area contributed by atoms with Gasteiger partial charge in [-0.3, -0.25) is 10.1 Å². The van der Waals surface area contributed by atoms with Crippen LogP contribution >= 0.6 is 0 Å². The Hall–Kier alpha value is -1.12. The molecule has 0 fully saturated rings. The molecule has 0 aromatic rings. The molecule has 3 heteroatoms. The molecule has 0 aliphatic heterocycles. The summed E-state index contributed by atoms with van der Waals surface area (Å²) in [6.45, 7) is 4.04. The molecule has 3 nitrogen and oxygen atoms in total. The summed E-state index contributed by atoms with van der Waals surface area (Å²) in [7, 11) is 0. The number of nitrogens with zero attached hydrogens (tertiary/aromatic N) is 1. The zero-order valence-corrected chi connectivity index (χ0v) is 7.41. The fraction of sp³-hybridized carbons (Fsp3) is 0.556. The topological polar surface area (TPSA) is 43.1 Å². The normalized spacial score (nSPS) is 23.0. The van der Waals surface area contributed by atoms with E-state index < -0.39 is 0 Å². The van der Waals surface area contributed by atoms with Gasteiger partial charge in [0.05, 0.1) is 4.92 Å². The lowest BCUT2D eigenvalue weighted by Gasteiger charge is -2.12. The van der Waals surface area contributed by atoms with Gasteiger partial charge in [0.2, 0.25) is 0 Å². The lowest BCUT2D eigenvalue weighted by molar-refractivity contribution is -0.419. The fourth-order valence-electron chi connectivity index (χ4n) is 1.44. The van der Waals surface area contributed by atoms with E-state index in [2.05, 4.69) is 0 Å². The summed E-state index contributed by atoms with van der Waals surface area (Å²) < 4.78 is 0. The van der Waals surface area contributed by atoms with Crippen molar-refractivity contribution in [2.75, 3.05) is 0 Å². The van der Waals surface area contributed by atoms with Gasteiger partial charge in [-0.25, -0.2) is 0 Å². The molecule has 0 spiro atoms. The molecule has 12 heavy (non-hydrogen) atoms. The zero-order chi connectivity index (χ0) is 9.14. The van der Waals surface area contributed by atoms with E-state index in [4.69, 9.17) is 0 Å². The first-order valence-electron chi connectivity index (χ1n) is 4.19. The minimum Gasteiger partial charge on any atom is -0.258 e. The molecule has 1 aliphatic carbocycles. The summed E-state index contributed by atoms with van der Waals surface area (Å²) in [4.78, 5) is 10.1. The smallest absolute Gasteiger partial charge is 0.258 e. The third-order valence-electron chi connectivity index (χ3n) is 2.06. The maximum Gasteiger partial charge on any atom is 0.265 e. The van der Waals surface area contributed by atoms with Gasteiger partial charge < -0.3 is 0 Å². The van der Waals surface area contributed by atoms with E-state index in [0.717, 1.165) is 12.8 Å². The van der Waals surface area contributed by atoms with Crippen molar-refractivity contribution in [3.05, 3.63) is 33.5 Å². The SMILES string of the molecule is CCC1=CC([N+](=O)[O-])=CC(C)C1. The summed E-state index contributed by atoms with van der Waals surface area (Å²) in [6, 6.07) is 0. The molecule has 0 bridgehead atoms. The van der Waals surface area contributed by atoms with Gasteiger partial charge in [-0.1, -0.05) is 19.4 Å². The maximum absolute atomic E-state index is 10.5. The second-order valence-corrected chi connectivity index (χ2v) is 3.19. The predicted molar refractivity (Wildman–Crippen MR) is 47.2 cm³/mol. The van der Waals surface area contributed by atoms with Crippen molar-refractivity contribution in [3.63, 3.8) is 0 Å². The first kappa shape index (κ1) is 8.97. The first-order valence-corrected chi connectivity index (χ1v) is 4.19. The molecule has 0 radical (unpaired) electrons. The van der Waals surface area contributed by atoms with E-state index in [1.165, 1.54) is 5.57 Å². The number of nitro groups is 1. The molecule has 0 saturated heterocycles. The highest BCUT2D eigenvalue weighted by Crippen LogP contribution is 2.24. The lowest BCUT2D eigenvalue weighted by Crippen LogP contribution is -2.06.